The Balaban J connectivity index is 2.18. The number of aromatic amines is 1. The molecule has 3 aromatic rings. The molecule has 21 heavy (non-hydrogen) atoms. The number of ether oxygens (including phenoxy) is 1. The Morgan fingerprint density at radius 1 is 1.29 bits per heavy atom. The molecule has 0 bridgehead atoms. The van der Waals surface area contributed by atoms with Gasteiger partial charge in [0.25, 0.3) is 0 Å². The lowest BCUT2D eigenvalue weighted by Gasteiger charge is -2.06. The van der Waals surface area contributed by atoms with Gasteiger partial charge in [0.15, 0.2) is 5.78 Å². The van der Waals surface area contributed by atoms with Crippen LogP contribution < -0.4 is 10.5 Å². The molecule has 5 heteroatoms. The van der Waals surface area contributed by atoms with Crippen LogP contribution in [0.1, 0.15) is 15.9 Å². The summed E-state index contributed by atoms with van der Waals surface area (Å²) in [6.07, 6.45) is 1.70. The number of methoxy groups -OCH3 is 1. The molecular formula is C16H13BrN2O2. The van der Waals surface area contributed by atoms with E-state index in [1.54, 1.807) is 31.5 Å². The van der Waals surface area contributed by atoms with Gasteiger partial charge in [-0.15, -0.1) is 0 Å². The second-order valence-electron chi connectivity index (χ2n) is 4.69. The summed E-state index contributed by atoms with van der Waals surface area (Å²) in [5, 5.41) is 0.781. The van der Waals surface area contributed by atoms with Gasteiger partial charge in [0.2, 0.25) is 0 Å². The van der Waals surface area contributed by atoms with E-state index in [0.29, 0.717) is 22.6 Å². The molecule has 0 atom stereocenters. The summed E-state index contributed by atoms with van der Waals surface area (Å²) in [5.41, 5.74) is 8.31. The minimum absolute atomic E-state index is 0.0984. The number of hydrogen-bond donors (Lipinski definition) is 2. The van der Waals surface area contributed by atoms with Gasteiger partial charge >= 0.3 is 0 Å². The average Bonchev–Trinajstić information content (AvgIpc) is 2.89. The highest BCUT2D eigenvalue weighted by Gasteiger charge is 2.17. The van der Waals surface area contributed by atoms with Gasteiger partial charge in [0, 0.05) is 27.4 Å². The number of H-pyrrole nitrogens is 1. The Morgan fingerprint density at radius 2 is 2.10 bits per heavy atom. The van der Waals surface area contributed by atoms with Crippen LogP contribution in [0.2, 0.25) is 0 Å². The number of fused-ring (bicyclic) bond motifs is 1. The highest BCUT2D eigenvalue weighted by atomic mass is 79.9. The molecule has 0 aliphatic heterocycles. The number of rotatable bonds is 3. The van der Waals surface area contributed by atoms with Gasteiger partial charge in [0.1, 0.15) is 5.75 Å². The third kappa shape index (κ3) is 2.40. The lowest BCUT2D eigenvalue weighted by atomic mass is 10.0. The molecule has 0 aliphatic rings. The second-order valence-corrected chi connectivity index (χ2v) is 5.60. The molecule has 3 N–H and O–H groups in total. The van der Waals surface area contributed by atoms with Gasteiger partial charge < -0.3 is 15.5 Å². The van der Waals surface area contributed by atoms with E-state index >= 15 is 0 Å². The number of carbonyl (C=O) groups is 1. The van der Waals surface area contributed by atoms with E-state index in [1.165, 1.54) is 0 Å². The maximum Gasteiger partial charge on any atom is 0.195 e. The minimum Gasteiger partial charge on any atom is -0.496 e. The highest BCUT2D eigenvalue weighted by molar-refractivity contribution is 9.10. The number of nitrogens with one attached hydrogen (secondary N) is 1. The zero-order valence-corrected chi connectivity index (χ0v) is 12.9. The molecule has 0 fully saturated rings. The Kier molecular flexibility index (Phi) is 3.43. The standard InChI is InChI=1S/C16H13BrN2O2/c1-21-14-4-2-3-13-15(14)12(8-19-13)16(20)9-5-10(17)7-11(18)6-9/h2-8,19H,18H2,1H3. The number of nitrogen functional groups attached to an aromatic ring is 1. The molecule has 2 aromatic carbocycles. The number of hydrogen-bond acceptors (Lipinski definition) is 3. The summed E-state index contributed by atoms with van der Waals surface area (Å²) < 4.78 is 6.13. The lowest BCUT2D eigenvalue weighted by Crippen LogP contribution is -2.02. The van der Waals surface area contributed by atoms with Crippen molar-refractivity contribution in [3.8, 4) is 5.75 Å². The van der Waals surface area contributed by atoms with Gasteiger partial charge in [-0.25, -0.2) is 0 Å². The van der Waals surface area contributed by atoms with E-state index < -0.39 is 0 Å². The zero-order valence-electron chi connectivity index (χ0n) is 11.3. The van der Waals surface area contributed by atoms with Crippen LogP contribution in [0.4, 0.5) is 5.69 Å². The molecule has 1 aromatic heterocycles. The monoisotopic (exact) mass is 344 g/mol. The van der Waals surface area contributed by atoms with E-state index in [-0.39, 0.29) is 5.78 Å². The summed E-state index contributed by atoms with van der Waals surface area (Å²) in [4.78, 5) is 15.8. The van der Waals surface area contributed by atoms with Gasteiger partial charge in [-0.1, -0.05) is 22.0 Å². The SMILES string of the molecule is COc1cccc2[nH]cc(C(=O)c3cc(N)cc(Br)c3)c12. The largest absolute Gasteiger partial charge is 0.496 e. The number of nitrogens with two attached hydrogens (primary N) is 1. The van der Waals surface area contributed by atoms with E-state index in [4.69, 9.17) is 10.5 Å². The summed E-state index contributed by atoms with van der Waals surface area (Å²) in [5.74, 6) is 0.568. The molecule has 4 nitrogen and oxygen atoms in total. The third-order valence-corrected chi connectivity index (χ3v) is 3.77. The summed E-state index contributed by atoms with van der Waals surface area (Å²) in [7, 11) is 1.59. The predicted octanol–water partition coefficient (Wildman–Crippen LogP) is 3.75. The summed E-state index contributed by atoms with van der Waals surface area (Å²) >= 11 is 3.36. The molecule has 0 saturated carbocycles. The van der Waals surface area contributed by atoms with Gasteiger partial charge in [0.05, 0.1) is 18.1 Å². The second kappa shape index (κ2) is 5.26. The van der Waals surface area contributed by atoms with Crippen molar-refractivity contribution in [3.63, 3.8) is 0 Å². The van der Waals surface area contributed by atoms with Crippen LogP contribution in [0.3, 0.4) is 0 Å². The van der Waals surface area contributed by atoms with Gasteiger partial charge in [-0.05, 0) is 30.3 Å². The molecule has 0 saturated heterocycles. The van der Waals surface area contributed by atoms with Gasteiger partial charge in [-0.2, -0.15) is 0 Å². The Bertz CT molecular complexity index is 819. The number of carbonyl (C=O) groups excluding carboxylic acids is 1. The lowest BCUT2D eigenvalue weighted by molar-refractivity contribution is 0.104. The molecule has 0 unspecified atom stereocenters. The molecule has 106 valence electrons. The van der Waals surface area contributed by atoms with Crippen LogP contribution in [0.15, 0.2) is 47.1 Å². The topological polar surface area (TPSA) is 68.1 Å². The van der Waals surface area contributed by atoms with Crippen molar-refractivity contribution in [2.24, 2.45) is 0 Å². The van der Waals surface area contributed by atoms with Crippen LogP contribution in [0.25, 0.3) is 10.9 Å². The Morgan fingerprint density at radius 3 is 2.81 bits per heavy atom. The summed E-state index contributed by atoms with van der Waals surface area (Å²) in [6, 6.07) is 10.8. The zero-order chi connectivity index (χ0) is 15.0. The third-order valence-electron chi connectivity index (χ3n) is 3.31. The molecule has 3 rings (SSSR count). The van der Waals surface area contributed by atoms with Crippen LogP contribution in [0, 0.1) is 0 Å². The van der Waals surface area contributed by atoms with Crippen molar-refractivity contribution < 1.29 is 9.53 Å². The minimum atomic E-state index is -0.0984. The Labute approximate surface area is 130 Å². The van der Waals surface area contributed by atoms with Crippen LogP contribution in [-0.4, -0.2) is 17.9 Å². The smallest absolute Gasteiger partial charge is 0.195 e. The van der Waals surface area contributed by atoms with Crippen LogP contribution in [-0.2, 0) is 0 Å². The van der Waals surface area contributed by atoms with Crippen LogP contribution in [0.5, 0.6) is 5.75 Å². The molecule has 0 spiro atoms. The van der Waals surface area contributed by atoms with Crippen molar-refractivity contribution in [2.75, 3.05) is 12.8 Å². The number of halogens is 1. The number of aromatic nitrogens is 1. The van der Waals surface area contributed by atoms with E-state index in [1.807, 2.05) is 18.2 Å². The van der Waals surface area contributed by atoms with Crippen molar-refractivity contribution >= 4 is 38.3 Å². The van der Waals surface area contributed by atoms with Crippen molar-refractivity contribution in [3.05, 3.63) is 58.2 Å². The average molecular weight is 345 g/mol. The maximum atomic E-state index is 12.7. The van der Waals surface area contributed by atoms with E-state index in [2.05, 4.69) is 20.9 Å². The van der Waals surface area contributed by atoms with Crippen molar-refractivity contribution in [1.82, 2.24) is 4.98 Å². The fraction of sp³-hybridized carbons (Fsp3) is 0.0625. The number of ketones is 1. The van der Waals surface area contributed by atoms with Gasteiger partial charge in [-0.3, -0.25) is 4.79 Å². The molecule has 0 aliphatic carbocycles. The first-order valence-corrected chi connectivity index (χ1v) is 7.14. The quantitative estimate of drug-likeness (QED) is 0.561. The normalized spacial score (nSPS) is 10.8. The van der Waals surface area contributed by atoms with Crippen molar-refractivity contribution in [2.45, 2.75) is 0 Å². The van der Waals surface area contributed by atoms with Crippen molar-refractivity contribution in [1.29, 1.82) is 0 Å². The molecular weight excluding hydrogens is 332 g/mol. The fourth-order valence-corrected chi connectivity index (χ4v) is 2.91. The molecule has 0 amide bonds. The number of benzene rings is 2. The highest BCUT2D eigenvalue weighted by Crippen LogP contribution is 2.30. The maximum absolute atomic E-state index is 12.7. The molecule has 0 radical (unpaired) electrons. The van der Waals surface area contributed by atoms with E-state index in [9.17, 15) is 4.79 Å². The number of anilines is 1. The predicted molar refractivity (Wildman–Crippen MR) is 86.8 cm³/mol. The first-order chi connectivity index (χ1) is 10.1. The van der Waals surface area contributed by atoms with Crippen LogP contribution >= 0.6 is 15.9 Å². The summed E-state index contributed by atoms with van der Waals surface area (Å²) in [6.45, 7) is 0. The fourth-order valence-electron chi connectivity index (χ4n) is 2.40. The Hall–Kier alpha value is -2.27. The first kappa shape index (κ1) is 13.7. The first-order valence-electron chi connectivity index (χ1n) is 6.35. The molecule has 1 heterocycles. The van der Waals surface area contributed by atoms with E-state index in [0.717, 1.165) is 15.4 Å².